The Morgan fingerprint density at radius 3 is 1.68 bits per heavy atom. The van der Waals surface area contributed by atoms with E-state index in [1.807, 2.05) is 18.2 Å². The molecular formula is C33H27N5O3. The largest absolute Gasteiger partial charge is 0.384 e. The van der Waals surface area contributed by atoms with Gasteiger partial charge >= 0.3 is 0 Å². The summed E-state index contributed by atoms with van der Waals surface area (Å²) in [7, 11) is 0. The number of hydrogen-bond acceptors (Lipinski definition) is 8. The van der Waals surface area contributed by atoms with Gasteiger partial charge in [-0.3, -0.25) is 34.5 Å². The van der Waals surface area contributed by atoms with E-state index < -0.39 is 29.3 Å². The molecule has 5 heterocycles. The van der Waals surface area contributed by atoms with Crippen molar-refractivity contribution in [1.82, 2.24) is 24.9 Å². The van der Waals surface area contributed by atoms with Gasteiger partial charge in [-0.1, -0.05) is 12.1 Å². The van der Waals surface area contributed by atoms with E-state index in [0.717, 1.165) is 5.56 Å². The minimum Gasteiger partial charge on any atom is -0.384 e. The molecule has 1 N–H and O–H groups in total. The van der Waals surface area contributed by atoms with Crippen LogP contribution in [0.5, 0.6) is 0 Å². The Morgan fingerprint density at radius 1 is 0.634 bits per heavy atom. The van der Waals surface area contributed by atoms with Crippen LogP contribution >= 0.6 is 0 Å². The van der Waals surface area contributed by atoms with Gasteiger partial charge in [-0.05, 0) is 77.6 Å². The third-order valence-electron chi connectivity index (χ3n) is 8.10. The second kappa shape index (κ2) is 11.3. The molecule has 5 atom stereocenters. The van der Waals surface area contributed by atoms with E-state index in [1.165, 1.54) is 0 Å². The van der Waals surface area contributed by atoms with Gasteiger partial charge in [-0.25, -0.2) is 0 Å². The number of aromatic nitrogens is 5. The highest BCUT2D eigenvalue weighted by Gasteiger charge is 2.58. The van der Waals surface area contributed by atoms with Crippen LogP contribution in [0.25, 0.3) is 0 Å². The third-order valence-corrected chi connectivity index (χ3v) is 8.10. The highest BCUT2D eigenvalue weighted by Crippen LogP contribution is 2.58. The smallest absolute Gasteiger partial charge is 0.169 e. The zero-order chi connectivity index (χ0) is 28.2. The Hall–Kier alpha value is -4.95. The van der Waals surface area contributed by atoms with Crippen molar-refractivity contribution < 1.29 is 14.7 Å². The monoisotopic (exact) mass is 541 g/mol. The molecule has 202 valence electrons. The second-order valence-electron chi connectivity index (χ2n) is 10.3. The summed E-state index contributed by atoms with van der Waals surface area (Å²) in [5.74, 6) is -3.38. The number of carbonyl (C=O) groups excluding carboxylic acids is 2. The third kappa shape index (κ3) is 4.94. The van der Waals surface area contributed by atoms with Crippen molar-refractivity contribution in [3.63, 3.8) is 0 Å². The molecule has 1 aliphatic rings. The van der Waals surface area contributed by atoms with E-state index in [2.05, 4.69) is 24.9 Å². The number of nitrogens with zero attached hydrogens (tertiary/aromatic N) is 5. The Bertz CT molecular complexity index is 1620. The molecule has 5 aromatic rings. The summed E-state index contributed by atoms with van der Waals surface area (Å²) in [5.41, 5.74) is 1.28. The van der Waals surface area contributed by atoms with Gasteiger partial charge in [0.25, 0.3) is 0 Å². The number of carbonyl (C=O) groups is 2. The normalized spacial score (nSPS) is 23.9. The highest BCUT2D eigenvalue weighted by molar-refractivity contribution is 6.03. The number of hydrogen-bond donors (Lipinski definition) is 1. The fourth-order valence-electron chi connectivity index (χ4n) is 6.31. The van der Waals surface area contributed by atoms with Crippen LogP contribution in [0.3, 0.4) is 0 Å². The molecule has 0 radical (unpaired) electrons. The van der Waals surface area contributed by atoms with Gasteiger partial charge in [0.05, 0.1) is 5.92 Å². The first-order valence-electron chi connectivity index (χ1n) is 13.4. The first-order chi connectivity index (χ1) is 20.1. The lowest BCUT2D eigenvalue weighted by molar-refractivity contribution is -0.0692. The van der Waals surface area contributed by atoms with Gasteiger partial charge in [0.15, 0.2) is 11.6 Å². The quantitative estimate of drug-likeness (QED) is 0.291. The lowest BCUT2D eigenvalue weighted by atomic mass is 9.53. The summed E-state index contributed by atoms with van der Waals surface area (Å²) in [4.78, 5) is 50.1. The van der Waals surface area contributed by atoms with Gasteiger partial charge < -0.3 is 5.11 Å². The fourth-order valence-corrected chi connectivity index (χ4v) is 6.31. The molecule has 1 saturated carbocycles. The lowest BCUT2D eigenvalue weighted by Crippen LogP contribution is -2.53. The first kappa shape index (κ1) is 26.3. The van der Waals surface area contributed by atoms with Crippen molar-refractivity contribution in [2.45, 2.75) is 23.9 Å². The molecule has 8 heteroatoms. The molecule has 1 fully saturated rings. The predicted octanol–water partition coefficient (Wildman–Crippen LogP) is 4.82. The molecule has 1 aliphatic carbocycles. The molecule has 41 heavy (non-hydrogen) atoms. The number of pyridine rings is 5. The van der Waals surface area contributed by atoms with Crippen molar-refractivity contribution in [1.29, 1.82) is 0 Å². The molecule has 0 saturated heterocycles. The van der Waals surface area contributed by atoms with Gasteiger partial charge in [0.1, 0.15) is 5.60 Å². The SMILES string of the molecule is O=C(c1ccncc1)[C@@H]1[C@H](c2cccnc2)[C@@H](C(=O)c2ccncc2)[C@](O)(c2ccncc2)C[C@@H]1c1cccnc1. The van der Waals surface area contributed by atoms with Crippen molar-refractivity contribution in [2.75, 3.05) is 0 Å². The number of rotatable bonds is 7. The van der Waals surface area contributed by atoms with Gasteiger partial charge in [-0.2, -0.15) is 0 Å². The van der Waals surface area contributed by atoms with Crippen LogP contribution in [0.2, 0.25) is 0 Å². The summed E-state index contributed by atoms with van der Waals surface area (Å²) in [6.45, 7) is 0. The molecule has 6 rings (SSSR count). The molecule has 5 aromatic heterocycles. The van der Waals surface area contributed by atoms with Gasteiger partial charge in [-0.15, -0.1) is 0 Å². The van der Waals surface area contributed by atoms with Crippen LogP contribution < -0.4 is 0 Å². The zero-order valence-corrected chi connectivity index (χ0v) is 22.1. The average molecular weight is 542 g/mol. The summed E-state index contributed by atoms with van der Waals surface area (Å²) < 4.78 is 0. The molecule has 0 aromatic carbocycles. The Morgan fingerprint density at radius 2 is 1.15 bits per heavy atom. The second-order valence-corrected chi connectivity index (χ2v) is 10.3. The van der Waals surface area contributed by atoms with Crippen LogP contribution in [-0.2, 0) is 5.60 Å². The maximum Gasteiger partial charge on any atom is 0.169 e. The highest BCUT2D eigenvalue weighted by atomic mass is 16.3. The molecule has 8 nitrogen and oxygen atoms in total. The Labute approximate surface area is 237 Å². The maximum absolute atomic E-state index is 14.6. The molecule has 0 amide bonds. The van der Waals surface area contributed by atoms with Crippen LogP contribution in [0.15, 0.2) is 123 Å². The van der Waals surface area contributed by atoms with E-state index >= 15 is 0 Å². The molecular weight excluding hydrogens is 514 g/mol. The number of aliphatic hydroxyl groups is 1. The maximum atomic E-state index is 14.6. The minimum atomic E-state index is -1.65. The number of ketones is 2. The van der Waals surface area contributed by atoms with E-state index in [1.54, 1.807) is 104 Å². The van der Waals surface area contributed by atoms with Crippen molar-refractivity contribution >= 4 is 11.6 Å². The molecule has 0 bridgehead atoms. The summed E-state index contributed by atoms with van der Waals surface area (Å²) in [6, 6.07) is 17.5. The van der Waals surface area contributed by atoms with Crippen LogP contribution in [-0.4, -0.2) is 41.6 Å². The standard InChI is InChI=1S/C33H27N5O3/c39-31(22-5-13-34-14-6-22)29-27(24-3-1-11-37-20-24)19-33(41,26-9-17-36-18-10-26)30(28(29)25-4-2-12-38-21-25)32(40)23-7-15-35-16-8-23/h1-18,20-21,27-30,41H,19H2/t27-,28+,29+,30+,33-/m1/s1. The van der Waals surface area contributed by atoms with E-state index in [4.69, 9.17) is 0 Å². The molecule has 0 unspecified atom stereocenters. The van der Waals surface area contributed by atoms with Crippen molar-refractivity contribution in [3.8, 4) is 0 Å². The lowest BCUT2D eigenvalue weighted by Gasteiger charge is -2.51. The summed E-state index contributed by atoms with van der Waals surface area (Å²) in [6.07, 6.45) is 16.3. The van der Waals surface area contributed by atoms with E-state index in [0.29, 0.717) is 22.3 Å². The minimum absolute atomic E-state index is 0.114. The Kier molecular flexibility index (Phi) is 7.22. The Balaban J connectivity index is 1.64. The van der Waals surface area contributed by atoms with E-state index in [9.17, 15) is 14.7 Å². The molecule has 0 spiro atoms. The van der Waals surface area contributed by atoms with Crippen molar-refractivity contribution in [3.05, 3.63) is 150 Å². The zero-order valence-electron chi connectivity index (χ0n) is 22.1. The topological polar surface area (TPSA) is 119 Å². The first-order valence-corrected chi connectivity index (χ1v) is 13.4. The van der Waals surface area contributed by atoms with Crippen molar-refractivity contribution in [2.24, 2.45) is 11.8 Å². The summed E-state index contributed by atoms with van der Waals surface area (Å²) >= 11 is 0. The molecule has 0 aliphatic heterocycles. The van der Waals surface area contributed by atoms with E-state index in [-0.39, 0.29) is 18.0 Å². The summed E-state index contributed by atoms with van der Waals surface area (Å²) in [5, 5.41) is 12.8. The van der Waals surface area contributed by atoms with Crippen LogP contribution in [0.4, 0.5) is 0 Å². The van der Waals surface area contributed by atoms with Gasteiger partial charge in [0, 0.05) is 84.9 Å². The average Bonchev–Trinajstić information content (AvgIpc) is 3.05. The van der Waals surface area contributed by atoms with Crippen LogP contribution in [0, 0.1) is 11.8 Å². The van der Waals surface area contributed by atoms with Gasteiger partial charge in [0.2, 0.25) is 0 Å². The van der Waals surface area contributed by atoms with Crippen LogP contribution in [0.1, 0.15) is 55.7 Å². The fraction of sp³-hybridized carbons (Fsp3) is 0.182. The number of Topliss-reactive ketones (excluding diaryl/α,β-unsaturated/α-hetero) is 2. The predicted molar refractivity (Wildman–Crippen MR) is 151 cm³/mol.